The second-order valence-corrected chi connectivity index (χ2v) is 12.4. The SMILES string of the molecule is CC(C)(C)c1ccc(CNc2c(C([NH])=O)cc(Oc3ccc(Cl)c(Cl)c3Cl)cc2-c2ccc(-c3ccccc3)cc2)cc1. The number of carbonyl (C=O) groups is 1. The van der Waals surface area contributed by atoms with E-state index in [0.29, 0.717) is 28.6 Å². The Morgan fingerprint density at radius 2 is 1.40 bits per heavy atom. The van der Waals surface area contributed by atoms with Crippen molar-refractivity contribution in [3.8, 4) is 33.8 Å². The van der Waals surface area contributed by atoms with Crippen molar-refractivity contribution in [1.82, 2.24) is 5.73 Å². The normalized spacial score (nSPS) is 11.3. The molecule has 2 N–H and O–H groups in total. The lowest BCUT2D eigenvalue weighted by molar-refractivity contribution is 0.0992. The predicted molar refractivity (Wildman–Crippen MR) is 179 cm³/mol. The van der Waals surface area contributed by atoms with E-state index in [2.05, 4.69) is 62.5 Å². The molecule has 0 unspecified atom stereocenters. The van der Waals surface area contributed by atoms with Crippen LogP contribution >= 0.6 is 34.8 Å². The fraction of sp³-hybridized carbons (Fsp3) is 0.139. The van der Waals surface area contributed by atoms with Crippen LogP contribution in [0.15, 0.2) is 103 Å². The van der Waals surface area contributed by atoms with Crippen molar-refractivity contribution in [3.63, 3.8) is 0 Å². The molecule has 43 heavy (non-hydrogen) atoms. The van der Waals surface area contributed by atoms with Gasteiger partial charge in [0, 0.05) is 12.1 Å². The van der Waals surface area contributed by atoms with E-state index in [9.17, 15) is 4.79 Å². The summed E-state index contributed by atoms with van der Waals surface area (Å²) < 4.78 is 6.12. The predicted octanol–water partition coefficient (Wildman–Crippen LogP) is 11.1. The number of anilines is 1. The molecule has 1 radical (unpaired) electrons. The van der Waals surface area contributed by atoms with Gasteiger partial charge in [0.2, 0.25) is 0 Å². The Labute approximate surface area is 267 Å². The first kappa shape index (κ1) is 30.5. The number of nitrogens with one attached hydrogen (secondary N) is 2. The third-order valence-electron chi connectivity index (χ3n) is 7.18. The Hall–Kier alpha value is -3.96. The van der Waals surface area contributed by atoms with E-state index < -0.39 is 5.91 Å². The monoisotopic (exact) mass is 627 g/mol. The van der Waals surface area contributed by atoms with Gasteiger partial charge in [-0.1, -0.05) is 134 Å². The van der Waals surface area contributed by atoms with Gasteiger partial charge in [0.15, 0.2) is 0 Å². The summed E-state index contributed by atoms with van der Waals surface area (Å²) in [6, 6.07) is 33.1. The molecule has 0 aliphatic heterocycles. The molecule has 0 heterocycles. The van der Waals surface area contributed by atoms with Crippen LogP contribution in [0.2, 0.25) is 15.1 Å². The Balaban J connectivity index is 1.57. The number of halogens is 3. The van der Waals surface area contributed by atoms with E-state index in [0.717, 1.165) is 22.3 Å². The summed E-state index contributed by atoms with van der Waals surface area (Å²) in [6.07, 6.45) is 0. The summed E-state index contributed by atoms with van der Waals surface area (Å²) in [5.41, 5.74) is 14.9. The average Bonchev–Trinajstić information content (AvgIpc) is 3.00. The second-order valence-electron chi connectivity index (χ2n) is 11.2. The largest absolute Gasteiger partial charge is 0.456 e. The maximum atomic E-state index is 12.7. The Bertz CT molecular complexity index is 1760. The fourth-order valence-electron chi connectivity index (χ4n) is 4.77. The van der Waals surface area contributed by atoms with Crippen molar-refractivity contribution in [2.24, 2.45) is 0 Å². The topological polar surface area (TPSA) is 62.1 Å². The number of hydrogen-bond donors (Lipinski definition) is 1. The van der Waals surface area contributed by atoms with Crippen LogP contribution in [0.25, 0.3) is 22.3 Å². The van der Waals surface area contributed by atoms with E-state index in [4.69, 9.17) is 45.3 Å². The molecule has 0 saturated heterocycles. The molecule has 0 bridgehead atoms. The first-order chi connectivity index (χ1) is 20.5. The molecule has 0 aliphatic carbocycles. The average molecular weight is 629 g/mol. The lowest BCUT2D eigenvalue weighted by Crippen LogP contribution is -2.12. The molecule has 217 valence electrons. The number of rotatable bonds is 8. The molecule has 5 rings (SSSR count). The number of carbonyl (C=O) groups excluding carboxylic acids is 1. The van der Waals surface area contributed by atoms with Crippen LogP contribution in [0.4, 0.5) is 5.69 Å². The fourth-order valence-corrected chi connectivity index (χ4v) is 5.34. The second kappa shape index (κ2) is 12.7. The van der Waals surface area contributed by atoms with E-state index in [1.54, 1.807) is 18.2 Å². The Kier molecular flexibility index (Phi) is 9.03. The van der Waals surface area contributed by atoms with E-state index in [-0.39, 0.29) is 26.8 Å². The Morgan fingerprint density at radius 3 is 2.02 bits per heavy atom. The highest BCUT2D eigenvalue weighted by atomic mass is 35.5. The van der Waals surface area contributed by atoms with Crippen molar-refractivity contribution in [1.29, 1.82) is 0 Å². The van der Waals surface area contributed by atoms with Crippen LogP contribution in [0, 0.1) is 0 Å². The molecule has 7 heteroatoms. The lowest BCUT2D eigenvalue weighted by atomic mass is 9.87. The zero-order valence-electron chi connectivity index (χ0n) is 24.0. The first-order valence-electron chi connectivity index (χ1n) is 13.8. The maximum absolute atomic E-state index is 12.7. The van der Waals surface area contributed by atoms with Crippen LogP contribution < -0.4 is 15.8 Å². The molecular formula is C36H30Cl3N2O2. The number of amides is 1. The van der Waals surface area contributed by atoms with Gasteiger partial charge in [0.05, 0.1) is 21.3 Å². The maximum Gasteiger partial charge on any atom is 0.271 e. The molecule has 0 aliphatic rings. The minimum Gasteiger partial charge on any atom is -0.456 e. The third-order valence-corrected chi connectivity index (χ3v) is 8.45. The van der Waals surface area contributed by atoms with E-state index in [1.165, 1.54) is 5.56 Å². The van der Waals surface area contributed by atoms with Gasteiger partial charge in [-0.3, -0.25) is 10.5 Å². The molecule has 0 spiro atoms. The molecule has 0 atom stereocenters. The molecule has 4 nitrogen and oxygen atoms in total. The van der Waals surface area contributed by atoms with E-state index >= 15 is 0 Å². The molecule has 0 saturated carbocycles. The molecule has 0 aromatic heterocycles. The third kappa shape index (κ3) is 7.00. The van der Waals surface area contributed by atoms with Gasteiger partial charge in [0.1, 0.15) is 16.5 Å². The number of benzene rings is 5. The van der Waals surface area contributed by atoms with E-state index in [1.807, 2.05) is 48.5 Å². The highest BCUT2D eigenvalue weighted by Gasteiger charge is 2.20. The van der Waals surface area contributed by atoms with Crippen LogP contribution in [-0.4, -0.2) is 5.91 Å². The minimum absolute atomic E-state index is 0.0445. The van der Waals surface area contributed by atoms with Crippen LogP contribution in [0.3, 0.4) is 0 Å². The summed E-state index contributed by atoms with van der Waals surface area (Å²) in [5.74, 6) is -0.235. The van der Waals surface area contributed by atoms with Crippen molar-refractivity contribution in [2.75, 3.05) is 5.32 Å². The quantitative estimate of drug-likeness (QED) is 0.174. The highest BCUT2D eigenvalue weighted by Crippen LogP contribution is 2.42. The standard InChI is InChI=1S/C36H30Cl3N2O2/c1-36(2,3)26-15-9-22(10-16-26)21-41-34-28(25-13-11-24(12-14-25)23-7-5-4-6-8-23)19-27(20-29(34)35(40)42)43-31-18-17-30(37)32(38)33(31)39/h4-20,40-41H,21H2,1-3H3. The van der Waals surface area contributed by atoms with Crippen molar-refractivity contribution < 1.29 is 9.53 Å². The van der Waals surface area contributed by atoms with Gasteiger partial charge < -0.3 is 10.1 Å². The first-order valence-corrected chi connectivity index (χ1v) is 14.9. The molecule has 5 aromatic carbocycles. The van der Waals surface area contributed by atoms with Crippen molar-refractivity contribution >= 4 is 46.4 Å². The minimum atomic E-state index is -0.849. The Morgan fingerprint density at radius 1 is 0.767 bits per heavy atom. The summed E-state index contributed by atoms with van der Waals surface area (Å²) in [5, 5.41) is 4.07. The summed E-state index contributed by atoms with van der Waals surface area (Å²) in [7, 11) is 0. The smallest absolute Gasteiger partial charge is 0.271 e. The van der Waals surface area contributed by atoms with Crippen LogP contribution in [0.5, 0.6) is 11.5 Å². The van der Waals surface area contributed by atoms with Gasteiger partial charge in [-0.15, -0.1) is 0 Å². The highest BCUT2D eigenvalue weighted by molar-refractivity contribution is 6.48. The number of hydrogen-bond acceptors (Lipinski definition) is 3. The van der Waals surface area contributed by atoms with Gasteiger partial charge in [-0.2, -0.15) is 0 Å². The molecule has 1 amide bonds. The lowest BCUT2D eigenvalue weighted by Gasteiger charge is -2.20. The van der Waals surface area contributed by atoms with Gasteiger partial charge in [0.25, 0.3) is 5.91 Å². The van der Waals surface area contributed by atoms with Crippen molar-refractivity contribution in [2.45, 2.75) is 32.7 Å². The summed E-state index contributed by atoms with van der Waals surface area (Å²) in [6.45, 7) is 6.99. The zero-order valence-corrected chi connectivity index (χ0v) is 26.2. The van der Waals surface area contributed by atoms with Crippen molar-refractivity contribution in [3.05, 3.63) is 135 Å². The summed E-state index contributed by atoms with van der Waals surface area (Å²) >= 11 is 18.8. The molecular weight excluding hydrogens is 599 g/mol. The van der Waals surface area contributed by atoms with Crippen LogP contribution in [0.1, 0.15) is 42.3 Å². The van der Waals surface area contributed by atoms with Crippen LogP contribution in [-0.2, 0) is 12.0 Å². The molecule has 5 aromatic rings. The summed E-state index contributed by atoms with van der Waals surface area (Å²) in [4.78, 5) is 12.7. The number of ether oxygens (including phenoxy) is 1. The van der Waals surface area contributed by atoms with Gasteiger partial charge >= 0.3 is 0 Å². The zero-order chi connectivity index (χ0) is 30.7. The van der Waals surface area contributed by atoms with Gasteiger partial charge in [-0.25, -0.2) is 0 Å². The van der Waals surface area contributed by atoms with Gasteiger partial charge in [-0.05, 0) is 57.5 Å². The molecule has 0 fully saturated rings.